The van der Waals surface area contributed by atoms with Crippen molar-refractivity contribution in [3.05, 3.63) is 27.7 Å². The van der Waals surface area contributed by atoms with Crippen molar-refractivity contribution >= 4 is 34.9 Å². The molecule has 2 amide bonds. The molecule has 160 valence electrons. The zero-order chi connectivity index (χ0) is 21.4. The highest BCUT2D eigenvalue weighted by Crippen LogP contribution is 2.58. The summed E-state index contributed by atoms with van der Waals surface area (Å²) in [5, 5.41) is 17.6. The first kappa shape index (κ1) is 20.0. The summed E-state index contributed by atoms with van der Waals surface area (Å²) < 4.78 is -0.278. The molecule has 2 N–H and O–H groups in total. The summed E-state index contributed by atoms with van der Waals surface area (Å²) in [6, 6.07) is 2.93. The minimum Gasteiger partial charge on any atom is -0.314 e. The third-order valence-corrected chi connectivity index (χ3v) is 9.06. The minimum absolute atomic E-state index is 0.0364. The van der Waals surface area contributed by atoms with Crippen LogP contribution in [0.15, 0.2) is 12.1 Å². The van der Waals surface area contributed by atoms with Gasteiger partial charge < -0.3 is 9.80 Å². The average Bonchev–Trinajstić information content (AvgIpc) is 3.43. The molecule has 0 radical (unpaired) electrons. The first-order valence-corrected chi connectivity index (χ1v) is 11.8. The summed E-state index contributed by atoms with van der Waals surface area (Å²) in [7, 11) is 0. The summed E-state index contributed by atoms with van der Waals surface area (Å²) in [5.41, 5.74) is -0.624. The second-order valence-corrected chi connectivity index (χ2v) is 12.0. The van der Waals surface area contributed by atoms with E-state index in [1.807, 2.05) is 24.8 Å². The number of thioether (sulfide) groups is 1. The number of fused-ring (bicyclic) bond motifs is 1. The highest BCUT2D eigenvalue weighted by atomic mass is 32.2. The van der Waals surface area contributed by atoms with E-state index in [0.29, 0.717) is 5.82 Å². The molecule has 4 atom stereocenters. The van der Waals surface area contributed by atoms with Crippen LogP contribution in [0.4, 0.5) is 0 Å². The van der Waals surface area contributed by atoms with Crippen molar-refractivity contribution in [1.82, 2.24) is 35.7 Å². The van der Waals surface area contributed by atoms with Crippen LogP contribution < -0.4 is 5.32 Å². The normalized spacial score (nSPS) is 31.9. The Bertz CT molecular complexity index is 1000. The van der Waals surface area contributed by atoms with Crippen molar-refractivity contribution in [1.29, 1.82) is 0 Å². The third kappa shape index (κ3) is 2.68. The van der Waals surface area contributed by atoms with E-state index in [9.17, 15) is 9.59 Å². The molecule has 5 rings (SSSR count). The van der Waals surface area contributed by atoms with Crippen LogP contribution in [0.1, 0.15) is 62.3 Å². The van der Waals surface area contributed by atoms with Crippen LogP contribution in [0.25, 0.3) is 0 Å². The lowest BCUT2D eigenvalue weighted by Gasteiger charge is -2.50. The van der Waals surface area contributed by atoms with Gasteiger partial charge in [-0.25, -0.2) is 5.10 Å². The topological polar surface area (TPSA) is 107 Å². The lowest BCUT2D eigenvalue weighted by atomic mass is 9.93. The van der Waals surface area contributed by atoms with Crippen LogP contribution in [0.2, 0.25) is 0 Å². The van der Waals surface area contributed by atoms with Crippen LogP contribution in [0.5, 0.6) is 0 Å². The van der Waals surface area contributed by atoms with Gasteiger partial charge in [0.05, 0.1) is 5.66 Å². The predicted octanol–water partition coefficient (Wildman–Crippen LogP) is 1.84. The molecular formula is C19H25N7O2S2. The van der Waals surface area contributed by atoms with Crippen molar-refractivity contribution in [2.24, 2.45) is 0 Å². The van der Waals surface area contributed by atoms with E-state index in [4.69, 9.17) is 0 Å². The van der Waals surface area contributed by atoms with Gasteiger partial charge in [0, 0.05) is 14.5 Å². The number of hydrogen-bond donors (Lipinski definition) is 2. The number of aryl methyl sites for hydroxylation is 1. The molecule has 0 spiro atoms. The second kappa shape index (κ2) is 6.51. The highest BCUT2D eigenvalue weighted by Gasteiger charge is 2.67. The van der Waals surface area contributed by atoms with E-state index in [1.54, 1.807) is 28.0 Å². The molecule has 2 aromatic heterocycles. The summed E-state index contributed by atoms with van der Waals surface area (Å²) in [6.45, 7) is 10.2. The van der Waals surface area contributed by atoms with E-state index in [-0.39, 0.29) is 28.0 Å². The summed E-state index contributed by atoms with van der Waals surface area (Å²) in [5.74, 6) is 0.491. The molecule has 0 saturated carbocycles. The van der Waals surface area contributed by atoms with Crippen molar-refractivity contribution in [3.8, 4) is 0 Å². The summed E-state index contributed by atoms with van der Waals surface area (Å²) in [6.07, 6.45) is 0.945. The largest absolute Gasteiger partial charge is 0.314 e. The molecule has 3 aliphatic rings. The van der Waals surface area contributed by atoms with Gasteiger partial charge in [-0.15, -0.1) is 28.2 Å². The standard InChI is InChI=1S/C19H25N7O2S2/c1-6-9-7-8-10(29-9)11-15(27)26(19(4,5)20-11)12-16(28)25-13(14-21-23-24-22-14)18(2,3)30-17(12)25/h7-8,11-13,17,20H,6H2,1-5H3,(H,21,22,23,24)/t11?,12?,13?,17-/m1/s1. The number of carbonyl (C=O) groups is 2. The number of aromatic nitrogens is 4. The summed E-state index contributed by atoms with van der Waals surface area (Å²) in [4.78, 5) is 32.7. The fourth-order valence-electron chi connectivity index (χ4n) is 4.87. The summed E-state index contributed by atoms with van der Waals surface area (Å²) >= 11 is 3.36. The Morgan fingerprint density at radius 2 is 1.93 bits per heavy atom. The van der Waals surface area contributed by atoms with Gasteiger partial charge in [-0.1, -0.05) is 6.92 Å². The maximum atomic E-state index is 13.5. The Kier molecular flexibility index (Phi) is 4.33. The number of H-pyrrole nitrogens is 1. The number of rotatable bonds is 4. The molecule has 0 bridgehead atoms. The minimum atomic E-state index is -0.624. The van der Waals surface area contributed by atoms with Crippen molar-refractivity contribution < 1.29 is 9.59 Å². The lowest BCUT2D eigenvalue weighted by Crippen LogP contribution is -2.71. The molecule has 2 aromatic rings. The molecule has 5 heterocycles. The van der Waals surface area contributed by atoms with Crippen LogP contribution >= 0.6 is 23.1 Å². The smallest absolute Gasteiger partial charge is 0.250 e. The van der Waals surface area contributed by atoms with Gasteiger partial charge in [0.25, 0.3) is 0 Å². The predicted molar refractivity (Wildman–Crippen MR) is 114 cm³/mol. The Morgan fingerprint density at radius 3 is 2.57 bits per heavy atom. The number of nitrogens with zero attached hydrogens (tertiary/aromatic N) is 5. The zero-order valence-corrected chi connectivity index (χ0v) is 19.2. The van der Waals surface area contributed by atoms with Gasteiger partial charge in [-0.2, -0.15) is 0 Å². The van der Waals surface area contributed by atoms with Crippen LogP contribution in [0.3, 0.4) is 0 Å². The van der Waals surface area contributed by atoms with Crippen LogP contribution in [-0.4, -0.2) is 64.1 Å². The number of β-lactam (4-membered cyclic amide) rings is 1. The molecular weight excluding hydrogens is 422 g/mol. The van der Waals surface area contributed by atoms with E-state index in [0.717, 1.165) is 11.3 Å². The second-order valence-electron chi connectivity index (χ2n) is 8.99. The van der Waals surface area contributed by atoms with Crippen molar-refractivity contribution in [3.63, 3.8) is 0 Å². The number of tetrazole rings is 1. The molecule has 30 heavy (non-hydrogen) atoms. The Morgan fingerprint density at radius 1 is 1.17 bits per heavy atom. The van der Waals surface area contributed by atoms with Gasteiger partial charge in [-0.3, -0.25) is 14.9 Å². The number of hydrogen-bond acceptors (Lipinski definition) is 8. The molecule has 11 heteroatoms. The molecule has 0 aromatic carbocycles. The Hall–Kier alpha value is -1.98. The highest BCUT2D eigenvalue weighted by molar-refractivity contribution is 8.01. The molecule has 3 aliphatic heterocycles. The maximum Gasteiger partial charge on any atom is 0.250 e. The number of aromatic amines is 1. The third-order valence-electron chi connectivity index (χ3n) is 6.21. The van der Waals surface area contributed by atoms with E-state index in [1.165, 1.54) is 4.88 Å². The molecule has 3 saturated heterocycles. The Balaban J connectivity index is 1.45. The van der Waals surface area contributed by atoms with Crippen LogP contribution in [0, 0.1) is 0 Å². The number of carbonyl (C=O) groups excluding carboxylic acids is 2. The van der Waals surface area contributed by atoms with Gasteiger partial charge in [-0.05, 0) is 56.7 Å². The molecule has 9 nitrogen and oxygen atoms in total. The molecule has 3 unspecified atom stereocenters. The lowest BCUT2D eigenvalue weighted by molar-refractivity contribution is -0.165. The SMILES string of the molecule is CCc1ccc(C2NC(C)(C)N(C3C(=O)N4C(c5nnn[nH]5)C(C)(C)S[C@H]34)C2=O)s1. The van der Waals surface area contributed by atoms with Gasteiger partial charge in [0.1, 0.15) is 23.5 Å². The van der Waals surface area contributed by atoms with Crippen molar-refractivity contribution in [2.75, 3.05) is 0 Å². The fourth-order valence-corrected chi connectivity index (χ4v) is 7.55. The van der Waals surface area contributed by atoms with Gasteiger partial charge in [0.15, 0.2) is 5.82 Å². The molecule has 0 aliphatic carbocycles. The molecule has 3 fully saturated rings. The van der Waals surface area contributed by atoms with Crippen LogP contribution in [-0.2, 0) is 16.0 Å². The van der Waals surface area contributed by atoms with E-state index >= 15 is 0 Å². The quantitative estimate of drug-likeness (QED) is 0.689. The number of thiophene rings is 1. The van der Waals surface area contributed by atoms with Gasteiger partial charge in [0.2, 0.25) is 11.8 Å². The van der Waals surface area contributed by atoms with Gasteiger partial charge >= 0.3 is 0 Å². The monoisotopic (exact) mass is 447 g/mol. The fraction of sp³-hybridized carbons (Fsp3) is 0.632. The number of nitrogens with one attached hydrogen (secondary N) is 2. The number of amides is 2. The van der Waals surface area contributed by atoms with Crippen molar-refractivity contribution in [2.45, 2.75) is 74.9 Å². The first-order chi connectivity index (χ1) is 14.2. The van der Waals surface area contributed by atoms with E-state index < -0.39 is 17.7 Å². The Labute approximate surface area is 183 Å². The average molecular weight is 448 g/mol. The van der Waals surface area contributed by atoms with E-state index in [2.05, 4.69) is 52.8 Å². The first-order valence-electron chi connectivity index (χ1n) is 10.1. The zero-order valence-electron chi connectivity index (χ0n) is 17.5. The maximum absolute atomic E-state index is 13.5.